The highest BCUT2D eigenvalue weighted by Crippen LogP contribution is 2.05. The summed E-state index contributed by atoms with van der Waals surface area (Å²) < 4.78 is 6.69. The molecule has 0 aliphatic carbocycles. The standard InChI is InChI=1S/C9H7N3O/c10-5-9-11-2-3-12(9)6-8-1-4-13-7-8/h1-4,7H,6H2. The van der Waals surface area contributed by atoms with E-state index in [9.17, 15) is 0 Å². The Labute approximate surface area is 75.0 Å². The van der Waals surface area contributed by atoms with E-state index >= 15 is 0 Å². The summed E-state index contributed by atoms with van der Waals surface area (Å²) in [7, 11) is 0. The molecule has 0 saturated carbocycles. The minimum atomic E-state index is 0.418. The Balaban J connectivity index is 2.24. The van der Waals surface area contributed by atoms with E-state index < -0.39 is 0 Å². The largest absolute Gasteiger partial charge is 0.472 e. The van der Waals surface area contributed by atoms with Gasteiger partial charge in [-0.05, 0) is 6.07 Å². The molecule has 4 nitrogen and oxygen atoms in total. The van der Waals surface area contributed by atoms with Crippen molar-refractivity contribution in [1.29, 1.82) is 5.26 Å². The average molecular weight is 173 g/mol. The molecular formula is C9H7N3O. The maximum Gasteiger partial charge on any atom is 0.213 e. The van der Waals surface area contributed by atoms with Crippen LogP contribution in [0.4, 0.5) is 0 Å². The van der Waals surface area contributed by atoms with Crippen LogP contribution < -0.4 is 0 Å². The lowest BCUT2D eigenvalue weighted by molar-refractivity contribution is 0.562. The lowest BCUT2D eigenvalue weighted by Crippen LogP contribution is -1.99. The molecule has 0 spiro atoms. The van der Waals surface area contributed by atoms with Gasteiger partial charge in [0.25, 0.3) is 0 Å². The third kappa shape index (κ3) is 1.44. The molecule has 2 heterocycles. The fourth-order valence-electron chi connectivity index (χ4n) is 1.13. The Morgan fingerprint density at radius 2 is 2.54 bits per heavy atom. The van der Waals surface area contributed by atoms with Gasteiger partial charge >= 0.3 is 0 Å². The van der Waals surface area contributed by atoms with Gasteiger partial charge in [0, 0.05) is 18.0 Å². The van der Waals surface area contributed by atoms with Gasteiger partial charge in [-0.1, -0.05) is 0 Å². The smallest absolute Gasteiger partial charge is 0.213 e. The first-order chi connectivity index (χ1) is 6.40. The van der Waals surface area contributed by atoms with Crippen molar-refractivity contribution >= 4 is 0 Å². The highest BCUT2D eigenvalue weighted by Gasteiger charge is 2.01. The molecule has 0 unspecified atom stereocenters. The SMILES string of the molecule is N#Cc1nccn1Cc1ccoc1. The molecule has 2 rings (SSSR count). The van der Waals surface area contributed by atoms with Crippen LogP contribution in [0.3, 0.4) is 0 Å². The Morgan fingerprint density at radius 1 is 1.62 bits per heavy atom. The number of furan rings is 1. The van der Waals surface area contributed by atoms with Crippen LogP contribution in [0.1, 0.15) is 11.4 Å². The van der Waals surface area contributed by atoms with Crippen LogP contribution in [0.5, 0.6) is 0 Å². The van der Waals surface area contributed by atoms with E-state index in [-0.39, 0.29) is 0 Å². The lowest BCUT2D eigenvalue weighted by atomic mass is 10.3. The second-order valence-electron chi connectivity index (χ2n) is 2.62. The molecular weight excluding hydrogens is 166 g/mol. The van der Waals surface area contributed by atoms with Crippen molar-refractivity contribution in [3.63, 3.8) is 0 Å². The molecule has 0 atom stereocenters. The molecule has 0 radical (unpaired) electrons. The number of hydrogen-bond donors (Lipinski definition) is 0. The Hall–Kier alpha value is -2.02. The first-order valence-corrected chi connectivity index (χ1v) is 3.82. The zero-order valence-electron chi connectivity index (χ0n) is 6.84. The summed E-state index contributed by atoms with van der Waals surface area (Å²) >= 11 is 0. The molecule has 0 aliphatic rings. The van der Waals surface area contributed by atoms with E-state index in [0.717, 1.165) is 5.56 Å². The zero-order valence-corrected chi connectivity index (χ0v) is 6.84. The van der Waals surface area contributed by atoms with E-state index in [1.54, 1.807) is 29.5 Å². The predicted octanol–water partition coefficient (Wildman–Crippen LogP) is 1.40. The van der Waals surface area contributed by atoms with Gasteiger partial charge in [0.15, 0.2) is 0 Å². The van der Waals surface area contributed by atoms with E-state index in [2.05, 4.69) is 4.98 Å². The third-order valence-corrected chi connectivity index (χ3v) is 1.75. The average Bonchev–Trinajstić information content (AvgIpc) is 2.76. The van der Waals surface area contributed by atoms with Gasteiger partial charge in [0.05, 0.1) is 19.1 Å². The van der Waals surface area contributed by atoms with Gasteiger partial charge in [-0.15, -0.1) is 0 Å². The van der Waals surface area contributed by atoms with Crippen LogP contribution in [0.2, 0.25) is 0 Å². The van der Waals surface area contributed by atoms with Crippen molar-refractivity contribution < 1.29 is 4.42 Å². The van der Waals surface area contributed by atoms with Crippen LogP contribution >= 0.6 is 0 Å². The predicted molar refractivity (Wildman–Crippen MR) is 44.8 cm³/mol. The normalized spacial score (nSPS) is 9.77. The van der Waals surface area contributed by atoms with Crippen LogP contribution in [0, 0.1) is 11.3 Å². The summed E-state index contributed by atoms with van der Waals surface area (Å²) in [5.74, 6) is 0.418. The van der Waals surface area contributed by atoms with Gasteiger partial charge < -0.3 is 8.98 Å². The van der Waals surface area contributed by atoms with Gasteiger partial charge in [-0.25, -0.2) is 4.98 Å². The molecule has 64 valence electrons. The number of nitriles is 1. The van der Waals surface area contributed by atoms with Crippen molar-refractivity contribution in [2.75, 3.05) is 0 Å². The van der Waals surface area contributed by atoms with Gasteiger partial charge in [0.1, 0.15) is 6.07 Å². The fourth-order valence-corrected chi connectivity index (χ4v) is 1.13. The molecule has 2 aromatic rings. The summed E-state index contributed by atoms with van der Waals surface area (Å²) in [6.45, 7) is 0.624. The van der Waals surface area contributed by atoms with Crippen molar-refractivity contribution in [3.8, 4) is 6.07 Å². The topological polar surface area (TPSA) is 54.8 Å². The first-order valence-electron chi connectivity index (χ1n) is 3.82. The maximum atomic E-state index is 8.68. The van der Waals surface area contributed by atoms with Crippen LogP contribution in [0.25, 0.3) is 0 Å². The lowest BCUT2D eigenvalue weighted by Gasteiger charge is -1.98. The van der Waals surface area contributed by atoms with Gasteiger partial charge in [-0.3, -0.25) is 0 Å². The van der Waals surface area contributed by atoms with Crippen LogP contribution in [-0.2, 0) is 6.54 Å². The number of hydrogen-bond acceptors (Lipinski definition) is 3. The minimum Gasteiger partial charge on any atom is -0.472 e. The number of imidazole rings is 1. The third-order valence-electron chi connectivity index (χ3n) is 1.75. The molecule has 0 fully saturated rings. The zero-order chi connectivity index (χ0) is 9.10. The van der Waals surface area contributed by atoms with Crippen molar-refractivity contribution in [1.82, 2.24) is 9.55 Å². The molecule has 0 amide bonds. The van der Waals surface area contributed by atoms with Gasteiger partial charge in [0.2, 0.25) is 5.82 Å². The monoisotopic (exact) mass is 173 g/mol. The molecule has 0 aromatic carbocycles. The Bertz CT molecular complexity index is 422. The quantitative estimate of drug-likeness (QED) is 0.689. The number of nitrogens with zero attached hydrogens (tertiary/aromatic N) is 3. The molecule has 0 aliphatic heterocycles. The summed E-state index contributed by atoms with van der Waals surface area (Å²) in [5.41, 5.74) is 1.02. The van der Waals surface area contributed by atoms with Crippen molar-refractivity contribution in [2.45, 2.75) is 6.54 Å². The van der Waals surface area contributed by atoms with E-state index in [1.165, 1.54) is 0 Å². The summed E-state index contributed by atoms with van der Waals surface area (Å²) in [6.07, 6.45) is 6.64. The highest BCUT2D eigenvalue weighted by atomic mass is 16.3. The summed E-state index contributed by atoms with van der Waals surface area (Å²) in [4.78, 5) is 3.89. The molecule has 0 N–H and O–H groups in total. The van der Waals surface area contributed by atoms with Crippen molar-refractivity contribution in [3.05, 3.63) is 42.4 Å². The summed E-state index contributed by atoms with van der Waals surface area (Å²) in [5, 5.41) is 8.68. The first kappa shape index (κ1) is 7.62. The molecule has 0 bridgehead atoms. The second-order valence-corrected chi connectivity index (χ2v) is 2.62. The molecule has 13 heavy (non-hydrogen) atoms. The van der Waals surface area contributed by atoms with E-state index in [1.807, 2.05) is 12.1 Å². The maximum absolute atomic E-state index is 8.68. The van der Waals surface area contributed by atoms with Crippen molar-refractivity contribution in [2.24, 2.45) is 0 Å². The minimum absolute atomic E-state index is 0.418. The van der Waals surface area contributed by atoms with E-state index in [4.69, 9.17) is 9.68 Å². The number of rotatable bonds is 2. The molecule has 0 saturated heterocycles. The van der Waals surface area contributed by atoms with Crippen LogP contribution in [0.15, 0.2) is 35.4 Å². The second kappa shape index (κ2) is 3.15. The molecule has 2 aromatic heterocycles. The van der Waals surface area contributed by atoms with Gasteiger partial charge in [-0.2, -0.15) is 5.26 Å². The summed E-state index contributed by atoms with van der Waals surface area (Å²) in [6, 6.07) is 3.87. The highest BCUT2D eigenvalue weighted by molar-refractivity contribution is 5.15. The number of aromatic nitrogens is 2. The van der Waals surface area contributed by atoms with E-state index in [0.29, 0.717) is 12.4 Å². The Morgan fingerprint density at radius 3 is 3.23 bits per heavy atom. The Kier molecular flexibility index (Phi) is 1.85. The fraction of sp³-hybridized carbons (Fsp3) is 0.111. The van der Waals surface area contributed by atoms with Crippen LogP contribution in [-0.4, -0.2) is 9.55 Å². The molecule has 4 heteroatoms.